The van der Waals surface area contributed by atoms with Crippen molar-refractivity contribution in [2.24, 2.45) is 0 Å². The monoisotopic (exact) mass is 498 g/mol. The second-order valence-corrected chi connectivity index (χ2v) is 7.69. The molecule has 0 atom stereocenters. The molecule has 2 N–H and O–H groups in total. The minimum Gasteiger partial charge on any atom is -0.496 e. The lowest BCUT2D eigenvalue weighted by atomic mass is 10.0. The minimum absolute atomic E-state index is 0.230. The Morgan fingerprint density at radius 1 is 1.00 bits per heavy atom. The van der Waals surface area contributed by atoms with Crippen LogP contribution in [0.2, 0.25) is 0 Å². The molecule has 6 nitrogen and oxygen atoms in total. The van der Waals surface area contributed by atoms with Crippen LogP contribution in [0.15, 0.2) is 45.3 Å². The number of halogens is 2. The lowest BCUT2D eigenvalue weighted by Gasteiger charge is -2.12. The maximum Gasteiger partial charge on any atom is 0.276 e. The Kier molecular flexibility index (Phi) is 7.67. The van der Waals surface area contributed by atoms with Gasteiger partial charge in [-0.2, -0.15) is 0 Å². The van der Waals surface area contributed by atoms with Crippen LogP contribution >= 0.6 is 31.9 Å². The van der Waals surface area contributed by atoms with Gasteiger partial charge in [-0.25, -0.2) is 0 Å². The summed E-state index contributed by atoms with van der Waals surface area (Å²) in [6.07, 6.45) is 0. The lowest BCUT2D eigenvalue weighted by molar-refractivity contribution is -0.123. The Morgan fingerprint density at radius 2 is 1.67 bits per heavy atom. The summed E-state index contributed by atoms with van der Waals surface area (Å²) in [7, 11) is 1.54. The molecule has 0 saturated heterocycles. The molecule has 0 radical (unpaired) electrons. The summed E-state index contributed by atoms with van der Waals surface area (Å²) in [4.78, 5) is 24.0. The van der Waals surface area contributed by atoms with Gasteiger partial charge in [0, 0.05) is 5.56 Å². The highest BCUT2D eigenvalue weighted by Gasteiger charge is 2.11. The van der Waals surface area contributed by atoms with Gasteiger partial charge in [0.05, 0.1) is 16.1 Å². The number of hydrogen-bond donors (Lipinski definition) is 2. The predicted molar refractivity (Wildman–Crippen MR) is 110 cm³/mol. The first-order valence-corrected chi connectivity index (χ1v) is 9.75. The third-order valence-corrected chi connectivity index (χ3v) is 4.95. The topological polar surface area (TPSA) is 76.7 Å². The maximum atomic E-state index is 12.1. The SMILES string of the molecule is COc1ccc(C(=O)NNC(=O)COc2ccc(C(C)C)cc2Br)cc1Br. The molecule has 0 aliphatic rings. The van der Waals surface area contributed by atoms with Gasteiger partial charge in [0.1, 0.15) is 11.5 Å². The van der Waals surface area contributed by atoms with E-state index in [-0.39, 0.29) is 6.61 Å². The number of ether oxygens (including phenoxy) is 2. The van der Waals surface area contributed by atoms with Crippen molar-refractivity contribution >= 4 is 43.7 Å². The van der Waals surface area contributed by atoms with Gasteiger partial charge in [0.25, 0.3) is 11.8 Å². The van der Waals surface area contributed by atoms with Crippen molar-refractivity contribution in [3.05, 3.63) is 56.5 Å². The van der Waals surface area contributed by atoms with Gasteiger partial charge < -0.3 is 9.47 Å². The number of carbonyl (C=O) groups excluding carboxylic acids is 2. The minimum atomic E-state index is -0.476. The quantitative estimate of drug-likeness (QED) is 0.584. The van der Waals surface area contributed by atoms with E-state index in [1.54, 1.807) is 24.3 Å². The fraction of sp³-hybridized carbons (Fsp3) is 0.263. The summed E-state index contributed by atoms with van der Waals surface area (Å²) in [6, 6.07) is 10.6. The molecule has 144 valence electrons. The molecule has 8 heteroatoms. The Labute approximate surface area is 174 Å². The smallest absolute Gasteiger partial charge is 0.276 e. The molecule has 0 saturated carbocycles. The third-order valence-electron chi connectivity index (χ3n) is 3.71. The van der Waals surface area contributed by atoms with E-state index in [1.165, 1.54) is 7.11 Å². The fourth-order valence-electron chi connectivity index (χ4n) is 2.18. The van der Waals surface area contributed by atoms with E-state index in [0.717, 1.165) is 10.0 Å². The average Bonchev–Trinajstić information content (AvgIpc) is 2.64. The predicted octanol–water partition coefficient (Wildman–Crippen LogP) is 4.18. The largest absolute Gasteiger partial charge is 0.496 e. The van der Waals surface area contributed by atoms with E-state index < -0.39 is 11.8 Å². The van der Waals surface area contributed by atoms with E-state index in [0.29, 0.717) is 27.5 Å². The zero-order chi connectivity index (χ0) is 20.0. The van der Waals surface area contributed by atoms with Crippen molar-refractivity contribution in [3.8, 4) is 11.5 Å². The lowest BCUT2D eigenvalue weighted by Crippen LogP contribution is -2.43. The van der Waals surface area contributed by atoms with Gasteiger partial charge in [-0.15, -0.1) is 0 Å². The molecule has 0 aliphatic heterocycles. The Morgan fingerprint density at radius 3 is 2.26 bits per heavy atom. The van der Waals surface area contributed by atoms with Gasteiger partial charge in [-0.3, -0.25) is 20.4 Å². The average molecular weight is 500 g/mol. The summed E-state index contributed by atoms with van der Waals surface area (Å²) in [5.41, 5.74) is 6.20. The molecule has 0 aliphatic carbocycles. The normalized spacial score (nSPS) is 10.4. The standard InChI is InChI=1S/C19H20Br2N2O4/c1-11(2)12-4-7-17(15(21)8-12)27-10-18(24)22-23-19(25)13-5-6-16(26-3)14(20)9-13/h4-9,11H,10H2,1-3H3,(H,22,24)(H,23,25). The van der Waals surface area contributed by atoms with Gasteiger partial charge in [0.15, 0.2) is 6.61 Å². The maximum absolute atomic E-state index is 12.1. The number of nitrogens with one attached hydrogen (secondary N) is 2. The first kappa shape index (κ1) is 21.2. The van der Waals surface area contributed by atoms with Crippen LogP contribution in [0, 0.1) is 0 Å². The first-order valence-electron chi connectivity index (χ1n) is 8.16. The van der Waals surface area contributed by atoms with Gasteiger partial charge >= 0.3 is 0 Å². The number of methoxy groups -OCH3 is 1. The molecule has 2 rings (SSSR count). The second-order valence-electron chi connectivity index (χ2n) is 5.98. The zero-order valence-electron chi connectivity index (χ0n) is 15.1. The van der Waals surface area contributed by atoms with E-state index in [2.05, 4.69) is 56.6 Å². The van der Waals surface area contributed by atoms with Crippen LogP contribution in [0.3, 0.4) is 0 Å². The molecular formula is C19H20Br2N2O4. The Balaban J connectivity index is 1.86. The molecule has 2 amide bonds. The van der Waals surface area contributed by atoms with E-state index in [9.17, 15) is 9.59 Å². The van der Waals surface area contributed by atoms with Gasteiger partial charge in [-0.05, 0) is 73.7 Å². The van der Waals surface area contributed by atoms with Crippen molar-refractivity contribution in [3.63, 3.8) is 0 Å². The van der Waals surface area contributed by atoms with Crippen molar-refractivity contribution < 1.29 is 19.1 Å². The number of benzene rings is 2. The third kappa shape index (κ3) is 5.97. The summed E-state index contributed by atoms with van der Waals surface area (Å²) >= 11 is 6.75. The highest BCUT2D eigenvalue weighted by atomic mass is 79.9. The molecule has 0 spiro atoms. The van der Waals surface area contributed by atoms with Crippen LogP contribution in [-0.2, 0) is 4.79 Å². The number of hydrazine groups is 1. The molecule has 0 heterocycles. The van der Waals surface area contributed by atoms with Crippen LogP contribution in [0.4, 0.5) is 0 Å². The van der Waals surface area contributed by atoms with Crippen LogP contribution in [0.5, 0.6) is 11.5 Å². The number of rotatable bonds is 6. The fourth-order valence-corrected chi connectivity index (χ4v) is 3.23. The van der Waals surface area contributed by atoms with Crippen LogP contribution in [0.1, 0.15) is 35.7 Å². The number of carbonyl (C=O) groups is 2. The van der Waals surface area contributed by atoms with Crippen molar-refractivity contribution in [1.82, 2.24) is 10.9 Å². The number of amides is 2. The molecule has 0 unspecified atom stereocenters. The van der Waals surface area contributed by atoms with Crippen molar-refractivity contribution in [1.29, 1.82) is 0 Å². The Hall–Kier alpha value is -2.06. The molecule has 27 heavy (non-hydrogen) atoms. The van der Waals surface area contributed by atoms with Gasteiger partial charge in [-0.1, -0.05) is 19.9 Å². The first-order chi connectivity index (χ1) is 12.8. The highest BCUT2D eigenvalue weighted by molar-refractivity contribution is 9.10. The van der Waals surface area contributed by atoms with E-state index in [4.69, 9.17) is 9.47 Å². The summed E-state index contributed by atoms with van der Waals surface area (Å²) < 4.78 is 12.0. The Bertz CT molecular complexity index is 840. The zero-order valence-corrected chi connectivity index (χ0v) is 18.3. The highest BCUT2D eigenvalue weighted by Crippen LogP contribution is 2.29. The second kappa shape index (κ2) is 9.75. The summed E-state index contributed by atoms with van der Waals surface area (Å²) in [6.45, 7) is 3.96. The molecule has 0 fully saturated rings. The van der Waals surface area contributed by atoms with Crippen LogP contribution < -0.4 is 20.3 Å². The molecule has 0 aromatic heterocycles. The molecular weight excluding hydrogens is 480 g/mol. The molecule has 2 aromatic carbocycles. The summed E-state index contributed by atoms with van der Waals surface area (Å²) in [5.74, 6) is 0.634. The molecule has 0 bridgehead atoms. The van der Waals surface area contributed by atoms with Crippen LogP contribution in [0.25, 0.3) is 0 Å². The summed E-state index contributed by atoms with van der Waals surface area (Å²) in [5, 5.41) is 0. The molecule has 2 aromatic rings. The van der Waals surface area contributed by atoms with E-state index >= 15 is 0 Å². The van der Waals surface area contributed by atoms with Crippen molar-refractivity contribution in [2.75, 3.05) is 13.7 Å². The van der Waals surface area contributed by atoms with Crippen molar-refractivity contribution in [2.45, 2.75) is 19.8 Å². The van der Waals surface area contributed by atoms with Crippen LogP contribution in [-0.4, -0.2) is 25.5 Å². The van der Waals surface area contributed by atoms with Gasteiger partial charge in [0.2, 0.25) is 0 Å². The number of hydrogen-bond acceptors (Lipinski definition) is 4. The van der Waals surface area contributed by atoms with E-state index in [1.807, 2.05) is 12.1 Å².